The Balaban J connectivity index is 2.58. The van der Waals surface area contributed by atoms with Gasteiger partial charge in [0.05, 0.1) is 16.7 Å². The van der Waals surface area contributed by atoms with Crippen molar-refractivity contribution in [2.24, 2.45) is 0 Å². The van der Waals surface area contributed by atoms with Crippen LogP contribution in [0.4, 0.5) is 0 Å². The number of unbranched alkanes of at least 4 members (excludes halogenated alkanes) is 1. The van der Waals surface area contributed by atoms with Crippen molar-refractivity contribution in [2.75, 3.05) is 11.9 Å². The lowest BCUT2D eigenvalue weighted by Gasteiger charge is -2.09. The maximum Gasteiger partial charge on any atom is 0.139 e. The highest BCUT2D eigenvalue weighted by Gasteiger charge is 2.09. The summed E-state index contributed by atoms with van der Waals surface area (Å²) < 4.78 is 5.48. The van der Waals surface area contributed by atoms with E-state index < -0.39 is 0 Å². The Hall–Kier alpha value is 0.370. The van der Waals surface area contributed by atoms with E-state index in [4.69, 9.17) is 39.5 Å². The largest absolute Gasteiger partial charge is 0.492 e. The Morgan fingerprint density at radius 3 is 2.47 bits per heavy atom. The van der Waals surface area contributed by atoms with Crippen molar-refractivity contribution < 1.29 is 4.74 Å². The lowest BCUT2D eigenvalue weighted by atomic mass is 10.3. The molecule has 0 atom stereocenters. The van der Waals surface area contributed by atoms with Crippen LogP contribution < -0.4 is 4.74 Å². The van der Waals surface area contributed by atoms with Crippen LogP contribution in [-0.2, 0) is 0 Å². The average Bonchev–Trinajstić information content (AvgIpc) is 2.24. The fourth-order valence-electron chi connectivity index (χ4n) is 0.998. The summed E-state index contributed by atoms with van der Waals surface area (Å²) in [5, 5.41) is 2.14. The van der Waals surface area contributed by atoms with Gasteiger partial charge in [-0.3, -0.25) is 0 Å². The van der Waals surface area contributed by atoms with Crippen LogP contribution in [0.5, 0.6) is 5.75 Å². The lowest BCUT2D eigenvalue weighted by molar-refractivity contribution is 0.310. The van der Waals surface area contributed by atoms with E-state index in [2.05, 4.69) is 15.9 Å². The predicted octanol–water partition coefficient (Wildman–Crippen LogP) is 5.20. The zero-order chi connectivity index (χ0) is 11.3. The van der Waals surface area contributed by atoms with E-state index in [-0.39, 0.29) is 0 Å². The number of ether oxygens (including phenoxy) is 1. The summed E-state index contributed by atoms with van der Waals surface area (Å²) in [6, 6.07) is 3.40. The number of alkyl halides is 1. The van der Waals surface area contributed by atoms with Gasteiger partial charge < -0.3 is 4.74 Å². The number of rotatable bonds is 5. The van der Waals surface area contributed by atoms with Crippen LogP contribution in [0, 0.1) is 0 Å². The third-order valence-electron chi connectivity index (χ3n) is 1.79. The Bertz CT molecular complexity index is 331. The van der Waals surface area contributed by atoms with Gasteiger partial charge in [-0.15, -0.1) is 0 Å². The standard InChI is InChI=1S/C10H10BrCl3O/c11-5-1-2-6-15-8-4-3-7(12)9(13)10(8)14/h3-4H,1-2,5-6H2. The predicted molar refractivity (Wildman–Crippen MR) is 70.0 cm³/mol. The molecule has 0 aliphatic rings. The van der Waals surface area contributed by atoms with Crippen molar-refractivity contribution in [3.05, 3.63) is 27.2 Å². The maximum atomic E-state index is 5.96. The molecule has 0 saturated heterocycles. The summed E-state index contributed by atoms with van der Waals surface area (Å²) in [7, 11) is 0. The minimum absolute atomic E-state index is 0.344. The second-order valence-corrected chi connectivity index (χ2v) is 4.87. The van der Waals surface area contributed by atoms with Gasteiger partial charge in [-0.25, -0.2) is 0 Å². The molecule has 0 aliphatic carbocycles. The van der Waals surface area contributed by atoms with Gasteiger partial charge in [-0.05, 0) is 25.0 Å². The third kappa shape index (κ3) is 4.03. The molecular weight excluding hydrogens is 322 g/mol. The van der Waals surface area contributed by atoms with Crippen LogP contribution in [-0.4, -0.2) is 11.9 Å². The van der Waals surface area contributed by atoms with Crippen molar-refractivity contribution in [1.29, 1.82) is 0 Å². The smallest absolute Gasteiger partial charge is 0.139 e. The van der Waals surface area contributed by atoms with Crippen LogP contribution in [0.25, 0.3) is 0 Å². The number of benzene rings is 1. The van der Waals surface area contributed by atoms with E-state index in [1.807, 2.05) is 0 Å². The molecule has 84 valence electrons. The molecule has 0 radical (unpaired) electrons. The van der Waals surface area contributed by atoms with Gasteiger partial charge in [0.25, 0.3) is 0 Å². The van der Waals surface area contributed by atoms with Gasteiger partial charge in [0.15, 0.2) is 0 Å². The molecule has 1 nitrogen and oxygen atoms in total. The number of halogens is 4. The molecule has 1 rings (SSSR count). The van der Waals surface area contributed by atoms with Crippen molar-refractivity contribution in [3.8, 4) is 5.75 Å². The molecule has 0 heterocycles. The van der Waals surface area contributed by atoms with Crippen molar-refractivity contribution in [2.45, 2.75) is 12.8 Å². The first-order valence-electron chi connectivity index (χ1n) is 4.49. The fraction of sp³-hybridized carbons (Fsp3) is 0.400. The van der Waals surface area contributed by atoms with E-state index in [9.17, 15) is 0 Å². The van der Waals surface area contributed by atoms with Crippen molar-refractivity contribution in [3.63, 3.8) is 0 Å². The maximum absolute atomic E-state index is 5.96. The van der Waals surface area contributed by atoms with Crippen LogP contribution in [0.15, 0.2) is 12.1 Å². The molecule has 0 spiro atoms. The summed E-state index contributed by atoms with van der Waals surface area (Å²) in [6.07, 6.45) is 2.04. The van der Waals surface area contributed by atoms with Crippen molar-refractivity contribution >= 4 is 50.7 Å². The van der Waals surface area contributed by atoms with Crippen molar-refractivity contribution in [1.82, 2.24) is 0 Å². The van der Waals surface area contributed by atoms with E-state index in [1.165, 1.54) is 0 Å². The molecular formula is C10H10BrCl3O. The first kappa shape index (κ1) is 13.4. The van der Waals surface area contributed by atoms with Crippen LogP contribution in [0.2, 0.25) is 15.1 Å². The van der Waals surface area contributed by atoms with Gasteiger partial charge in [0, 0.05) is 5.33 Å². The van der Waals surface area contributed by atoms with Gasteiger partial charge in [0.2, 0.25) is 0 Å². The first-order chi connectivity index (χ1) is 7.16. The highest BCUT2D eigenvalue weighted by atomic mass is 79.9. The van der Waals surface area contributed by atoms with Crippen LogP contribution in [0.1, 0.15) is 12.8 Å². The van der Waals surface area contributed by atoms with Crippen LogP contribution in [0.3, 0.4) is 0 Å². The zero-order valence-electron chi connectivity index (χ0n) is 7.90. The van der Waals surface area contributed by atoms with Gasteiger partial charge >= 0.3 is 0 Å². The number of hydrogen-bond acceptors (Lipinski definition) is 1. The topological polar surface area (TPSA) is 9.23 Å². The third-order valence-corrected chi connectivity index (χ3v) is 3.62. The second kappa shape index (κ2) is 6.85. The van der Waals surface area contributed by atoms with Gasteiger partial charge in [0.1, 0.15) is 10.8 Å². The minimum atomic E-state index is 0.344. The summed E-state index contributed by atoms with van der Waals surface area (Å²) in [6.45, 7) is 0.628. The Morgan fingerprint density at radius 2 is 1.80 bits per heavy atom. The Kier molecular flexibility index (Phi) is 6.13. The Labute approximate surface area is 113 Å². The highest BCUT2D eigenvalue weighted by Crippen LogP contribution is 2.37. The molecule has 0 unspecified atom stereocenters. The summed E-state index contributed by atoms with van der Waals surface area (Å²) >= 11 is 21.0. The molecule has 15 heavy (non-hydrogen) atoms. The van der Waals surface area contributed by atoms with Gasteiger partial charge in [-0.2, -0.15) is 0 Å². The molecule has 0 aliphatic heterocycles. The van der Waals surface area contributed by atoms with E-state index >= 15 is 0 Å². The second-order valence-electron chi connectivity index (χ2n) is 2.92. The zero-order valence-corrected chi connectivity index (χ0v) is 11.8. The minimum Gasteiger partial charge on any atom is -0.492 e. The summed E-state index contributed by atoms with van der Waals surface area (Å²) in [5.41, 5.74) is 0. The molecule has 0 saturated carbocycles. The summed E-state index contributed by atoms with van der Waals surface area (Å²) in [4.78, 5) is 0. The molecule has 0 N–H and O–H groups in total. The molecule has 0 amide bonds. The quantitative estimate of drug-likeness (QED) is 0.409. The molecule has 0 fully saturated rings. The Morgan fingerprint density at radius 1 is 1.07 bits per heavy atom. The summed E-state index contributed by atoms with van der Waals surface area (Å²) in [5.74, 6) is 0.584. The molecule has 0 bridgehead atoms. The van der Waals surface area contributed by atoms with Gasteiger partial charge in [-0.1, -0.05) is 50.7 Å². The average molecular weight is 332 g/mol. The monoisotopic (exact) mass is 330 g/mol. The highest BCUT2D eigenvalue weighted by molar-refractivity contribution is 9.09. The molecule has 1 aromatic rings. The fourth-order valence-corrected chi connectivity index (χ4v) is 1.98. The SMILES string of the molecule is Clc1ccc(OCCCCBr)c(Cl)c1Cl. The van der Waals surface area contributed by atoms with Crippen LogP contribution >= 0.6 is 50.7 Å². The normalized spacial score (nSPS) is 10.4. The van der Waals surface area contributed by atoms with E-state index in [0.717, 1.165) is 18.2 Å². The molecule has 1 aromatic carbocycles. The van der Waals surface area contributed by atoms with E-state index in [0.29, 0.717) is 27.4 Å². The molecule has 0 aromatic heterocycles. The lowest BCUT2D eigenvalue weighted by Crippen LogP contribution is -1.98. The number of hydrogen-bond donors (Lipinski definition) is 0. The first-order valence-corrected chi connectivity index (χ1v) is 6.74. The molecule has 5 heteroatoms. The van der Waals surface area contributed by atoms with E-state index in [1.54, 1.807) is 12.1 Å².